The number of hydrogen-bond donors (Lipinski definition) is 2. The molecule has 0 unspecified atom stereocenters. The molecule has 0 spiro atoms. The molecule has 1 aliphatic heterocycles. The van der Waals surface area contributed by atoms with Crippen molar-refractivity contribution in [3.05, 3.63) is 23.5 Å². The smallest absolute Gasteiger partial charge is 0.326 e. The van der Waals surface area contributed by atoms with Crippen molar-refractivity contribution >= 4 is 21.8 Å². The number of phenols is 1. The Hall–Kier alpha value is -2.35. The number of carbonyl (C=O) groups is 1. The molecule has 1 amide bonds. The van der Waals surface area contributed by atoms with Crippen LogP contribution in [0.25, 0.3) is 0 Å². The highest BCUT2D eigenvalue weighted by Crippen LogP contribution is 2.38. The maximum absolute atomic E-state index is 14.8. The van der Waals surface area contributed by atoms with Gasteiger partial charge in [-0.05, 0) is 38.6 Å². The zero-order chi connectivity index (χ0) is 20.5. The first-order chi connectivity index (χ1) is 13.2. The van der Waals surface area contributed by atoms with Gasteiger partial charge in [-0.1, -0.05) is 11.8 Å². The minimum absolute atomic E-state index is 0.0403. The Morgan fingerprint density at radius 3 is 2.82 bits per heavy atom. The molecule has 152 valence electrons. The third kappa shape index (κ3) is 4.55. The van der Waals surface area contributed by atoms with Crippen molar-refractivity contribution < 1.29 is 27.4 Å². The van der Waals surface area contributed by atoms with E-state index in [2.05, 4.69) is 11.8 Å². The summed E-state index contributed by atoms with van der Waals surface area (Å²) < 4.78 is 46.5. The van der Waals surface area contributed by atoms with Crippen molar-refractivity contribution in [2.45, 2.75) is 6.42 Å². The molecule has 1 heterocycles. The average molecular weight is 411 g/mol. The second-order valence-corrected chi connectivity index (χ2v) is 8.68. The van der Waals surface area contributed by atoms with Crippen molar-refractivity contribution in [1.82, 2.24) is 9.62 Å². The van der Waals surface area contributed by atoms with Crippen LogP contribution in [0.5, 0.6) is 5.75 Å². The molecular weight excluding hydrogens is 389 g/mol. The third-order valence-corrected chi connectivity index (χ3v) is 5.87. The van der Waals surface area contributed by atoms with Gasteiger partial charge < -0.3 is 14.7 Å². The maximum atomic E-state index is 14.8. The lowest BCUT2D eigenvalue weighted by atomic mass is 10.1. The van der Waals surface area contributed by atoms with Crippen molar-refractivity contribution in [1.29, 1.82) is 0 Å². The van der Waals surface area contributed by atoms with Crippen molar-refractivity contribution in [3.8, 4) is 17.6 Å². The summed E-state index contributed by atoms with van der Waals surface area (Å²) in [5.74, 6) is 3.72. The van der Waals surface area contributed by atoms with E-state index in [4.69, 9.17) is 4.74 Å². The number of carbonyl (C=O) groups excluding carboxylic acids is 1. The number of amides is 1. The molecule has 8 nitrogen and oxygen atoms in total. The molecule has 2 atom stereocenters. The van der Waals surface area contributed by atoms with Crippen molar-refractivity contribution in [2.75, 3.05) is 44.7 Å². The molecule has 3 rings (SSSR count). The summed E-state index contributed by atoms with van der Waals surface area (Å²) in [7, 11) is -0.299. The minimum Gasteiger partial charge on any atom is -0.506 e. The molecule has 2 fully saturated rings. The van der Waals surface area contributed by atoms with Gasteiger partial charge in [0.25, 0.3) is 5.91 Å². The SMILES string of the molecule is CN(C)CCOC[C@@H]1C[C@H]1C#Cc1ccc(O)c(N2CC(=O)NS2(=O)=O)c1F. The van der Waals surface area contributed by atoms with Crippen LogP contribution in [0.2, 0.25) is 0 Å². The molecule has 0 aromatic heterocycles. The molecule has 1 saturated carbocycles. The number of hydrogen-bond acceptors (Lipinski definition) is 6. The van der Waals surface area contributed by atoms with E-state index in [1.807, 2.05) is 19.0 Å². The van der Waals surface area contributed by atoms with Crippen LogP contribution in [0.1, 0.15) is 12.0 Å². The van der Waals surface area contributed by atoms with E-state index in [9.17, 15) is 22.7 Å². The number of phenolic OH excluding ortho intramolecular Hbond substituents is 1. The molecule has 1 saturated heterocycles. The Morgan fingerprint density at radius 1 is 1.43 bits per heavy atom. The summed E-state index contributed by atoms with van der Waals surface area (Å²) in [5, 5.41) is 9.93. The zero-order valence-corrected chi connectivity index (χ0v) is 16.4. The second kappa shape index (κ2) is 7.95. The summed E-state index contributed by atoms with van der Waals surface area (Å²) in [4.78, 5) is 13.4. The Labute approximate surface area is 163 Å². The molecular formula is C18H22FN3O5S. The van der Waals surface area contributed by atoms with Crippen LogP contribution in [-0.2, 0) is 19.7 Å². The van der Waals surface area contributed by atoms with Crippen molar-refractivity contribution in [2.24, 2.45) is 11.8 Å². The van der Waals surface area contributed by atoms with Gasteiger partial charge in [0, 0.05) is 12.5 Å². The van der Waals surface area contributed by atoms with Gasteiger partial charge in [0.2, 0.25) is 0 Å². The second-order valence-electron chi connectivity index (χ2n) is 7.08. The van der Waals surface area contributed by atoms with Gasteiger partial charge in [0.05, 0.1) is 18.8 Å². The lowest BCUT2D eigenvalue weighted by Crippen LogP contribution is -2.30. The molecule has 10 heteroatoms. The van der Waals surface area contributed by atoms with Crippen molar-refractivity contribution in [3.63, 3.8) is 0 Å². The van der Waals surface area contributed by atoms with Gasteiger partial charge in [0.1, 0.15) is 18.0 Å². The fraction of sp³-hybridized carbons (Fsp3) is 0.500. The molecule has 1 aliphatic carbocycles. The van der Waals surface area contributed by atoms with E-state index in [0.717, 1.165) is 19.0 Å². The van der Waals surface area contributed by atoms with Gasteiger partial charge in [-0.3, -0.25) is 4.79 Å². The van der Waals surface area contributed by atoms with Gasteiger partial charge >= 0.3 is 10.2 Å². The first-order valence-electron chi connectivity index (χ1n) is 8.78. The highest BCUT2D eigenvalue weighted by Gasteiger charge is 2.38. The summed E-state index contributed by atoms with van der Waals surface area (Å²) >= 11 is 0. The van der Waals surface area contributed by atoms with Gasteiger partial charge in [-0.25, -0.2) is 13.4 Å². The van der Waals surface area contributed by atoms with Crippen LogP contribution in [0.3, 0.4) is 0 Å². The van der Waals surface area contributed by atoms with Gasteiger partial charge in [0.15, 0.2) is 5.82 Å². The van der Waals surface area contributed by atoms with Crippen LogP contribution >= 0.6 is 0 Å². The topological polar surface area (TPSA) is 99.2 Å². The van der Waals surface area contributed by atoms with Crippen LogP contribution in [-0.4, -0.2) is 64.7 Å². The monoisotopic (exact) mass is 411 g/mol. The molecule has 1 aromatic rings. The highest BCUT2D eigenvalue weighted by atomic mass is 32.2. The number of likely N-dealkylation sites (N-methyl/N-ethyl adjacent to an activating group) is 1. The fourth-order valence-corrected chi connectivity index (χ4v) is 3.96. The summed E-state index contributed by atoms with van der Waals surface area (Å²) in [6.07, 6.45) is 0.862. The van der Waals surface area contributed by atoms with Crippen LogP contribution in [0.15, 0.2) is 12.1 Å². The normalized spacial score (nSPS) is 22.7. The zero-order valence-electron chi connectivity index (χ0n) is 15.6. The Kier molecular flexibility index (Phi) is 5.79. The summed E-state index contributed by atoms with van der Waals surface area (Å²) in [6.45, 7) is 1.47. The predicted octanol–water partition coefficient (Wildman–Crippen LogP) is 0.278. The first kappa shape index (κ1) is 20.4. The average Bonchev–Trinajstić information content (AvgIpc) is 3.28. The first-order valence-corrected chi connectivity index (χ1v) is 10.2. The Bertz CT molecular complexity index is 939. The van der Waals surface area contributed by atoms with Crippen LogP contribution < -0.4 is 9.03 Å². The van der Waals surface area contributed by atoms with E-state index in [1.165, 1.54) is 6.07 Å². The van der Waals surface area contributed by atoms with Gasteiger partial charge in [-0.15, -0.1) is 0 Å². The molecule has 0 radical (unpaired) electrons. The van der Waals surface area contributed by atoms with Gasteiger partial charge in [-0.2, -0.15) is 8.42 Å². The molecule has 28 heavy (non-hydrogen) atoms. The lowest BCUT2D eigenvalue weighted by molar-refractivity contribution is -0.117. The Morgan fingerprint density at radius 2 is 2.18 bits per heavy atom. The van der Waals surface area contributed by atoms with E-state index in [1.54, 1.807) is 4.72 Å². The molecule has 0 bridgehead atoms. The summed E-state index contributed by atoms with van der Waals surface area (Å²) in [5.41, 5.74) is -0.619. The predicted molar refractivity (Wildman–Crippen MR) is 100 cm³/mol. The van der Waals surface area contributed by atoms with E-state index >= 15 is 0 Å². The standard InChI is InChI=1S/C18H22FN3O5S/c1-21(2)7-8-27-11-14-9-13(14)4-3-12-5-6-15(23)18(17(12)19)22-10-16(24)20-28(22,25)26/h5-6,13-14,23H,7-11H2,1-2H3,(H,20,24)/t13-,14+/m1/s1. The third-order valence-electron chi connectivity index (χ3n) is 4.49. The van der Waals surface area contributed by atoms with Crippen LogP contribution in [0.4, 0.5) is 10.1 Å². The number of ether oxygens (including phenoxy) is 1. The number of aromatic hydroxyl groups is 1. The fourth-order valence-electron chi connectivity index (χ4n) is 2.79. The quantitative estimate of drug-likeness (QED) is 0.515. The van der Waals surface area contributed by atoms with Crippen LogP contribution in [0, 0.1) is 29.5 Å². The van der Waals surface area contributed by atoms with E-state index in [-0.39, 0.29) is 11.5 Å². The number of nitrogens with one attached hydrogen (secondary N) is 1. The van der Waals surface area contributed by atoms with E-state index in [0.29, 0.717) is 23.4 Å². The number of anilines is 1. The summed E-state index contributed by atoms with van der Waals surface area (Å²) in [6, 6.07) is 2.44. The number of halogens is 1. The number of rotatable bonds is 6. The lowest BCUT2D eigenvalue weighted by Gasteiger charge is -2.17. The van der Waals surface area contributed by atoms with E-state index < -0.39 is 39.9 Å². The molecule has 2 aliphatic rings. The maximum Gasteiger partial charge on any atom is 0.326 e. The largest absolute Gasteiger partial charge is 0.506 e. The number of benzene rings is 1. The minimum atomic E-state index is -4.23. The molecule has 2 N–H and O–H groups in total. The number of nitrogens with zero attached hydrogens (tertiary/aromatic N) is 2. The highest BCUT2D eigenvalue weighted by molar-refractivity contribution is 7.92. The molecule has 1 aromatic carbocycles. The Balaban J connectivity index is 1.69.